The third kappa shape index (κ3) is 8.90. The molecule has 0 amide bonds. The van der Waals surface area contributed by atoms with E-state index in [1.54, 1.807) is 20.8 Å². The Morgan fingerprint density at radius 2 is 1.78 bits per heavy atom. The van der Waals surface area contributed by atoms with Crippen LogP contribution in [0.3, 0.4) is 0 Å². The molecule has 2 aliphatic rings. The van der Waals surface area contributed by atoms with Crippen molar-refractivity contribution in [3.05, 3.63) is 112 Å². The number of ketones is 1. The quantitative estimate of drug-likeness (QED) is 0.0780. The number of allylic oxidation sites excluding steroid dienone is 2. The van der Waals surface area contributed by atoms with Crippen LogP contribution in [0, 0.1) is 27.7 Å². The number of nitro groups is 1. The minimum absolute atomic E-state index is 0.0714. The van der Waals surface area contributed by atoms with Gasteiger partial charge in [-0.3, -0.25) is 24.0 Å². The largest absolute Gasteiger partial charge is 0.450 e. The van der Waals surface area contributed by atoms with E-state index < -0.39 is 84.7 Å². The van der Waals surface area contributed by atoms with Crippen LogP contribution in [0.25, 0.3) is 11.1 Å². The first-order valence-electron chi connectivity index (χ1n) is 15.4. The lowest BCUT2D eigenvalue weighted by molar-refractivity contribution is -0.385. The van der Waals surface area contributed by atoms with Crippen LogP contribution in [0.5, 0.6) is 11.5 Å². The molecule has 5 rings (SSSR count). The van der Waals surface area contributed by atoms with Gasteiger partial charge in [0, 0.05) is 35.0 Å². The third-order valence-corrected chi connectivity index (χ3v) is 9.64. The number of aliphatic hydroxyl groups is 1. The highest BCUT2D eigenvalue weighted by molar-refractivity contribution is 7.51. The number of nitrogens with one attached hydrogen (secondary N) is 1. The second kappa shape index (κ2) is 14.7. The van der Waals surface area contributed by atoms with Gasteiger partial charge < -0.3 is 20.3 Å². The minimum atomic E-state index is -4.40. The average Bonchev–Trinajstić information content (AvgIpc) is 3.26. The molecular formula is C34H34F4N3O9P. The Balaban J connectivity index is 1.31. The highest BCUT2D eigenvalue weighted by Crippen LogP contribution is 2.49. The van der Waals surface area contributed by atoms with Crippen molar-refractivity contribution in [3.8, 4) is 22.6 Å². The zero-order valence-electron chi connectivity index (χ0n) is 27.4. The first kappa shape index (κ1) is 37.8. The van der Waals surface area contributed by atoms with E-state index >= 15 is 8.78 Å². The van der Waals surface area contributed by atoms with Crippen LogP contribution in [-0.4, -0.2) is 52.2 Å². The van der Waals surface area contributed by atoms with Gasteiger partial charge >= 0.3 is 19.4 Å². The molecule has 12 nitrogen and oxygen atoms in total. The average molecular weight is 736 g/mol. The van der Waals surface area contributed by atoms with Crippen molar-refractivity contribution >= 4 is 19.2 Å². The molecule has 5 atom stereocenters. The summed E-state index contributed by atoms with van der Waals surface area (Å²) in [6.45, 7) is 3.51. The van der Waals surface area contributed by atoms with Crippen molar-refractivity contribution in [2.24, 2.45) is 11.7 Å². The predicted molar refractivity (Wildman–Crippen MR) is 176 cm³/mol. The number of ether oxygens (including phenoxy) is 2. The number of nitrogens with two attached hydrogens (primary N) is 1. The maximum atomic E-state index is 15.1. The zero-order chi connectivity index (χ0) is 37.3. The fourth-order valence-electron chi connectivity index (χ4n) is 5.37. The monoisotopic (exact) mass is 735 g/mol. The molecular weight excluding hydrogens is 701 g/mol. The normalized spacial score (nSPS) is 22.7. The van der Waals surface area contributed by atoms with Crippen LogP contribution in [0.15, 0.2) is 84.6 Å². The van der Waals surface area contributed by atoms with Gasteiger partial charge in [0.25, 0.3) is 0 Å². The Kier molecular flexibility index (Phi) is 10.9. The Morgan fingerprint density at radius 1 is 1.08 bits per heavy atom. The molecule has 17 heteroatoms. The number of benzene rings is 3. The molecule has 4 N–H and O–H groups in total. The molecule has 0 radical (unpaired) electrons. The molecule has 3 aromatic rings. The summed E-state index contributed by atoms with van der Waals surface area (Å²) in [5.41, 5.74) is 4.95. The van der Waals surface area contributed by atoms with Crippen molar-refractivity contribution in [2.75, 3.05) is 6.61 Å². The van der Waals surface area contributed by atoms with E-state index in [1.807, 2.05) is 0 Å². The van der Waals surface area contributed by atoms with E-state index in [0.29, 0.717) is 5.56 Å². The second-order valence-corrected chi connectivity index (χ2v) is 14.6. The van der Waals surface area contributed by atoms with Crippen molar-refractivity contribution in [3.63, 3.8) is 0 Å². The zero-order valence-corrected chi connectivity index (χ0v) is 28.3. The number of carbonyl (C=O) groups excluding carboxylic acids is 1. The van der Waals surface area contributed by atoms with Crippen LogP contribution in [0.1, 0.15) is 26.3 Å². The van der Waals surface area contributed by atoms with Crippen molar-refractivity contribution < 1.29 is 55.5 Å². The number of hydrogen-bond acceptors (Lipinski definition) is 10. The van der Waals surface area contributed by atoms with Gasteiger partial charge in [-0.05, 0) is 74.4 Å². The van der Waals surface area contributed by atoms with Crippen LogP contribution in [-0.2, 0) is 29.8 Å². The van der Waals surface area contributed by atoms with Gasteiger partial charge in [0.05, 0.1) is 24.1 Å². The van der Waals surface area contributed by atoms with Gasteiger partial charge in [-0.2, -0.15) is 0 Å². The molecule has 0 aromatic heterocycles. The van der Waals surface area contributed by atoms with Crippen molar-refractivity contribution in [2.45, 2.75) is 57.2 Å². The highest BCUT2D eigenvalue weighted by atomic mass is 31.2. The van der Waals surface area contributed by atoms with Gasteiger partial charge in [0.2, 0.25) is 5.75 Å². The Bertz CT molecular complexity index is 1920. The number of carbonyl (C=O) groups is 1. The summed E-state index contributed by atoms with van der Waals surface area (Å²) in [6.07, 6.45) is -2.80. The van der Waals surface area contributed by atoms with E-state index in [-0.39, 0.29) is 28.3 Å². The summed E-state index contributed by atoms with van der Waals surface area (Å²) in [7, 11) is -4.40. The Morgan fingerprint density at radius 3 is 2.41 bits per heavy atom. The molecule has 0 spiro atoms. The standard InChI is InChI=1S/C34H34F4N3O9P/c1-33(2,3)40-51(46,48-18-30-31(43)34(37,38)32(50-30)25-11-9-22(39)15-28(25)42)47-17-19-4-13-27(41(44)45)29(14-19)49-23-10-12-24(26(36)16-23)20-5-7-21(35)8-6-20/h4-16,25,30-32,43H,17-18,39H2,1-3H3,(H,40,46). The van der Waals surface area contributed by atoms with E-state index in [0.717, 1.165) is 24.3 Å². The number of alkyl halides is 2. The third-order valence-electron chi connectivity index (χ3n) is 7.73. The Labute approximate surface area is 289 Å². The van der Waals surface area contributed by atoms with Gasteiger partial charge in [-0.15, -0.1) is 0 Å². The molecule has 5 unspecified atom stereocenters. The van der Waals surface area contributed by atoms with E-state index in [2.05, 4.69) is 5.09 Å². The SMILES string of the molecule is CC(C)(C)NP(=O)(OCc1ccc([N+](=O)[O-])c(Oc2ccc(-c3ccc(F)cc3)c(F)c2)c1)OCC1OC(C2C=CC(N)=CC2=O)C(F)(F)C1O. The molecule has 272 valence electrons. The van der Waals surface area contributed by atoms with Gasteiger partial charge in [-0.25, -0.2) is 27.2 Å². The molecule has 1 aliphatic heterocycles. The highest BCUT2D eigenvalue weighted by Gasteiger charge is 2.61. The van der Waals surface area contributed by atoms with Gasteiger partial charge in [0.15, 0.2) is 5.78 Å². The van der Waals surface area contributed by atoms with Crippen LogP contribution >= 0.6 is 7.75 Å². The summed E-state index contributed by atoms with van der Waals surface area (Å²) in [6, 6.07) is 12.4. The molecule has 0 bridgehead atoms. The number of hydrogen-bond donors (Lipinski definition) is 3. The fraction of sp³-hybridized carbons (Fsp3) is 0.324. The summed E-state index contributed by atoms with van der Waals surface area (Å²) in [5.74, 6) is -7.72. The topological polar surface area (TPSA) is 172 Å². The molecule has 1 aliphatic carbocycles. The number of nitro benzene ring substituents is 1. The van der Waals surface area contributed by atoms with Crippen LogP contribution in [0.4, 0.5) is 23.2 Å². The molecule has 0 saturated carbocycles. The summed E-state index contributed by atoms with van der Waals surface area (Å²) in [4.78, 5) is 23.4. The molecule has 1 heterocycles. The van der Waals surface area contributed by atoms with Crippen LogP contribution < -0.4 is 15.6 Å². The number of aliphatic hydroxyl groups excluding tert-OH is 1. The van der Waals surface area contributed by atoms with Crippen molar-refractivity contribution in [1.29, 1.82) is 0 Å². The smallest absolute Gasteiger partial charge is 0.406 e. The lowest BCUT2D eigenvalue weighted by Crippen LogP contribution is -2.45. The van der Waals surface area contributed by atoms with E-state index in [1.165, 1.54) is 54.6 Å². The predicted octanol–water partition coefficient (Wildman–Crippen LogP) is 6.72. The van der Waals surface area contributed by atoms with E-state index in [9.17, 15) is 33.4 Å². The first-order chi connectivity index (χ1) is 23.8. The van der Waals surface area contributed by atoms with Gasteiger partial charge in [-0.1, -0.05) is 18.2 Å². The molecule has 51 heavy (non-hydrogen) atoms. The lowest BCUT2D eigenvalue weighted by Gasteiger charge is -2.28. The van der Waals surface area contributed by atoms with E-state index in [4.69, 9.17) is 24.3 Å². The fourth-order valence-corrected chi connectivity index (χ4v) is 7.05. The summed E-state index contributed by atoms with van der Waals surface area (Å²) >= 11 is 0. The second-order valence-electron chi connectivity index (χ2n) is 12.9. The minimum Gasteiger partial charge on any atom is -0.450 e. The Hall–Kier alpha value is -4.44. The first-order valence-corrected chi connectivity index (χ1v) is 17.0. The summed E-state index contributed by atoms with van der Waals surface area (Å²) in [5, 5.41) is 24.9. The number of nitrogens with zero attached hydrogens (tertiary/aromatic N) is 1. The maximum Gasteiger partial charge on any atom is 0.406 e. The maximum absolute atomic E-state index is 15.1. The molecule has 1 saturated heterocycles. The molecule has 1 fully saturated rings. The number of halogens is 4. The number of rotatable bonds is 12. The van der Waals surface area contributed by atoms with Gasteiger partial charge in [0.1, 0.15) is 35.7 Å². The lowest BCUT2D eigenvalue weighted by atomic mass is 9.88. The molecule has 3 aromatic carbocycles. The summed E-state index contributed by atoms with van der Waals surface area (Å²) < 4.78 is 94.5. The van der Waals surface area contributed by atoms with Crippen LogP contribution in [0.2, 0.25) is 0 Å². The van der Waals surface area contributed by atoms with Crippen molar-refractivity contribution in [1.82, 2.24) is 5.09 Å².